The quantitative estimate of drug-likeness (QED) is 0.587. The zero-order chi connectivity index (χ0) is 22.3. The fourth-order valence-electron chi connectivity index (χ4n) is 5.34. The third kappa shape index (κ3) is 4.44. The molecule has 0 spiro atoms. The molecule has 7 heteroatoms. The zero-order valence-electron chi connectivity index (χ0n) is 19.5. The summed E-state index contributed by atoms with van der Waals surface area (Å²) >= 11 is 0. The Morgan fingerprint density at radius 2 is 1.78 bits per heavy atom. The molecule has 170 valence electrons. The topological polar surface area (TPSA) is 65.3 Å². The van der Waals surface area contributed by atoms with Crippen LogP contribution in [0.25, 0.3) is 10.9 Å². The molecule has 0 aromatic carbocycles. The Balaban J connectivity index is 1.39. The highest BCUT2D eigenvalue weighted by Crippen LogP contribution is 2.36. The van der Waals surface area contributed by atoms with Crippen LogP contribution in [0.1, 0.15) is 59.4 Å². The summed E-state index contributed by atoms with van der Waals surface area (Å²) in [5.74, 6) is 1.60. The molecule has 0 amide bonds. The predicted octanol–water partition coefficient (Wildman–Crippen LogP) is 4.78. The summed E-state index contributed by atoms with van der Waals surface area (Å²) in [6.07, 6.45) is 12.0. The van der Waals surface area contributed by atoms with Gasteiger partial charge < -0.3 is 18.9 Å². The van der Waals surface area contributed by atoms with Gasteiger partial charge in [0.05, 0.1) is 28.4 Å². The van der Waals surface area contributed by atoms with Crippen LogP contribution in [0, 0.1) is 0 Å². The zero-order valence-corrected chi connectivity index (χ0v) is 19.5. The van der Waals surface area contributed by atoms with E-state index in [1.54, 1.807) is 0 Å². The molecular weight excluding hydrogens is 402 g/mol. The fraction of sp³-hybridized carbons (Fsp3) is 0.560. The Kier molecular flexibility index (Phi) is 5.32. The van der Waals surface area contributed by atoms with Gasteiger partial charge in [-0.3, -0.25) is 4.98 Å². The number of anilines is 1. The maximum absolute atomic E-state index is 6.54. The summed E-state index contributed by atoms with van der Waals surface area (Å²) in [7, 11) is 0. The third-order valence-electron chi connectivity index (χ3n) is 6.44. The minimum absolute atomic E-state index is 0.165. The van der Waals surface area contributed by atoms with Crippen LogP contribution in [0.2, 0.25) is 0 Å². The lowest BCUT2D eigenvalue weighted by Gasteiger charge is -2.47. The van der Waals surface area contributed by atoms with Gasteiger partial charge in [-0.2, -0.15) is 4.98 Å². The van der Waals surface area contributed by atoms with Crippen molar-refractivity contribution in [2.45, 2.75) is 76.7 Å². The van der Waals surface area contributed by atoms with Gasteiger partial charge in [0.25, 0.3) is 0 Å². The summed E-state index contributed by atoms with van der Waals surface area (Å²) in [4.78, 5) is 16.1. The van der Waals surface area contributed by atoms with E-state index in [0.29, 0.717) is 11.9 Å². The molecule has 0 unspecified atom stereocenters. The second-order valence-electron chi connectivity index (χ2n) is 10.4. The number of ether oxygens (including phenoxy) is 2. The number of hydrogen-bond donors (Lipinski definition) is 0. The van der Waals surface area contributed by atoms with Crippen LogP contribution in [0.4, 0.5) is 5.82 Å². The van der Waals surface area contributed by atoms with E-state index in [4.69, 9.17) is 14.5 Å². The van der Waals surface area contributed by atoms with E-state index >= 15 is 0 Å². The van der Waals surface area contributed by atoms with Gasteiger partial charge in [-0.1, -0.05) is 0 Å². The Morgan fingerprint density at radius 3 is 2.47 bits per heavy atom. The summed E-state index contributed by atoms with van der Waals surface area (Å²) < 4.78 is 15.0. The standard InChI is InChI=1S/C25H33N5O2/c1-24(2)15-30(16-25(3,4)32-24)22-14-21-20(6-5-11-27-21)23(28-22)31-19-9-7-18(8-10-19)29-13-12-26-17-29/h5-6,11-14,17-19H,7-10,15-16H2,1-4H3. The van der Waals surface area contributed by atoms with Crippen molar-refractivity contribution in [3.05, 3.63) is 43.1 Å². The highest BCUT2D eigenvalue weighted by atomic mass is 16.5. The van der Waals surface area contributed by atoms with Gasteiger partial charge in [0.2, 0.25) is 5.88 Å². The molecule has 0 atom stereocenters. The van der Waals surface area contributed by atoms with Crippen molar-refractivity contribution in [1.29, 1.82) is 0 Å². The van der Waals surface area contributed by atoms with Gasteiger partial charge in [-0.15, -0.1) is 0 Å². The van der Waals surface area contributed by atoms with Gasteiger partial charge in [0, 0.05) is 43.8 Å². The second-order valence-corrected chi connectivity index (χ2v) is 10.4. The fourth-order valence-corrected chi connectivity index (χ4v) is 5.34. The van der Waals surface area contributed by atoms with Gasteiger partial charge in [0.15, 0.2) is 0 Å². The van der Waals surface area contributed by atoms with Gasteiger partial charge in [0.1, 0.15) is 11.9 Å². The average Bonchev–Trinajstić information content (AvgIpc) is 3.27. The molecule has 32 heavy (non-hydrogen) atoms. The Morgan fingerprint density at radius 1 is 1.03 bits per heavy atom. The number of nitrogens with zero attached hydrogens (tertiary/aromatic N) is 5. The van der Waals surface area contributed by atoms with Crippen LogP contribution in [-0.2, 0) is 4.74 Å². The minimum atomic E-state index is -0.255. The molecule has 5 rings (SSSR count). The van der Waals surface area contributed by atoms with Crippen molar-refractivity contribution in [3.8, 4) is 5.88 Å². The van der Waals surface area contributed by atoms with E-state index in [9.17, 15) is 0 Å². The van der Waals surface area contributed by atoms with E-state index in [-0.39, 0.29) is 17.3 Å². The van der Waals surface area contributed by atoms with Crippen LogP contribution in [0.3, 0.4) is 0 Å². The van der Waals surface area contributed by atoms with Gasteiger partial charge in [-0.05, 0) is 65.5 Å². The SMILES string of the molecule is CC1(C)CN(c2cc3ncccc3c(OC3CCC(n4ccnc4)CC3)n2)CC(C)(C)O1. The van der Waals surface area contributed by atoms with Crippen molar-refractivity contribution in [2.75, 3.05) is 18.0 Å². The number of hydrogen-bond acceptors (Lipinski definition) is 6. The Labute approximate surface area is 189 Å². The van der Waals surface area contributed by atoms with Crippen LogP contribution >= 0.6 is 0 Å². The maximum atomic E-state index is 6.54. The van der Waals surface area contributed by atoms with Crippen molar-refractivity contribution in [3.63, 3.8) is 0 Å². The normalized spacial score (nSPS) is 25.1. The van der Waals surface area contributed by atoms with Crippen molar-refractivity contribution in [1.82, 2.24) is 19.5 Å². The first kappa shape index (κ1) is 21.2. The molecule has 0 bridgehead atoms. The first-order valence-electron chi connectivity index (χ1n) is 11.6. The molecule has 3 aromatic heterocycles. The number of aromatic nitrogens is 4. The molecule has 4 heterocycles. The third-order valence-corrected chi connectivity index (χ3v) is 6.44. The lowest BCUT2D eigenvalue weighted by molar-refractivity contribution is -0.133. The number of rotatable bonds is 4. The van der Waals surface area contributed by atoms with E-state index < -0.39 is 0 Å². The summed E-state index contributed by atoms with van der Waals surface area (Å²) in [6, 6.07) is 6.59. The van der Waals surface area contributed by atoms with E-state index in [1.165, 1.54) is 0 Å². The number of morpholine rings is 1. The molecular formula is C25H33N5O2. The highest BCUT2D eigenvalue weighted by molar-refractivity contribution is 5.85. The average molecular weight is 436 g/mol. The lowest BCUT2D eigenvalue weighted by atomic mass is 9.93. The van der Waals surface area contributed by atoms with Crippen LogP contribution in [-0.4, -0.2) is 49.9 Å². The molecule has 1 saturated carbocycles. The number of imidazole rings is 1. The molecule has 2 fully saturated rings. The first-order chi connectivity index (χ1) is 15.3. The van der Waals surface area contributed by atoms with Gasteiger partial charge in [-0.25, -0.2) is 4.98 Å². The lowest BCUT2D eigenvalue weighted by Crippen LogP contribution is -2.57. The van der Waals surface area contributed by atoms with Crippen molar-refractivity contribution < 1.29 is 9.47 Å². The molecule has 1 saturated heterocycles. The second kappa shape index (κ2) is 8.03. The van der Waals surface area contributed by atoms with Crippen molar-refractivity contribution >= 4 is 16.7 Å². The predicted molar refractivity (Wildman–Crippen MR) is 125 cm³/mol. The van der Waals surface area contributed by atoms with Gasteiger partial charge >= 0.3 is 0 Å². The first-order valence-corrected chi connectivity index (χ1v) is 11.6. The smallest absolute Gasteiger partial charge is 0.225 e. The van der Waals surface area contributed by atoms with Crippen LogP contribution in [0.5, 0.6) is 5.88 Å². The molecule has 7 nitrogen and oxygen atoms in total. The monoisotopic (exact) mass is 435 g/mol. The highest BCUT2D eigenvalue weighted by Gasteiger charge is 2.39. The molecule has 1 aliphatic carbocycles. The van der Waals surface area contributed by atoms with E-state index in [1.807, 2.05) is 24.8 Å². The number of pyridine rings is 2. The summed E-state index contributed by atoms with van der Waals surface area (Å²) in [5, 5.41) is 0.972. The Hall–Kier alpha value is -2.67. The van der Waals surface area contributed by atoms with Crippen LogP contribution in [0.15, 0.2) is 43.1 Å². The minimum Gasteiger partial charge on any atom is -0.474 e. The van der Waals surface area contributed by atoms with Crippen LogP contribution < -0.4 is 9.64 Å². The summed E-state index contributed by atoms with van der Waals surface area (Å²) in [5.41, 5.74) is 0.409. The molecule has 0 radical (unpaired) electrons. The van der Waals surface area contributed by atoms with Crippen molar-refractivity contribution in [2.24, 2.45) is 0 Å². The molecule has 0 N–H and O–H groups in total. The largest absolute Gasteiger partial charge is 0.474 e. The van der Waals surface area contributed by atoms with E-state index in [0.717, 1.165) is 55.5 Å². The van der Waals surface area contributed by atoms with E-state index in [2.05, 4.69) is 65.5 Å². The molecule has 3 aromatic rings. The molecule has 2 aliphatic rings. The number of fused-ring (bicyclic) bond motifs is 1. The molecule has 1 aliphatic heterocycles. The summed E-state index contributed by atoms with van der Waals surface area (Å²) in [6.45, 7) is 10.1. The Bertz CT molecular complexity index is 1060. The maximum Gasteiger partial charge on any atom is 0.225 e.